The maximum absolute atomic E-state index is 4.57. The fourth-order valence-electron chi connectivity index (χ4n) is 2.17. The van der Waals surface area contributed by atoms with Crippen LogP contribution in [-0.2, 0) is 0 Å². The number of benzene rings is 1. The predicted molar refractivity (Wildman–Crippen MR) is 78.2 cm³/mol. The first-order valence-corrected chi connectivity index (χ1v) is 6.07. The minimum atomic E-state index is 0.667. The number of anilines is 1. The molecule has 0 spiro atoms. The second-order valence-electron chi connectivity index (χ2n) is 4.36. The molecule has 0 aliphatic carbocycles. The lowest BCUT2D eigenvalue weighted by atomic mass is 10.2. The number of allylic oxidation sites excluding steroid dienone is 3. The number of nitrogens with one attached hydrogen (secondary N) is 1. The first-order valence-electron chi connectivity index (χ1n) is 6.07. The van der Waals surface area contributed by atoms with Gasteiger partial charge in [-0.25, -0.2) is 15.0 Å². The Balaban J connectivity index is 1.96. The van der Waals surface area contributed by atoms with E-state index in [9.17, 15) is 0 Å². The van der Waals surface area contributed by atoms with Crippen molar-refractivity contribution in [2.75, 3.05) is 5.32 Å². The van der Waals surface area contributed by atoms with Crippen LogP contribution in [0.15, 0.2) is 64.2 Å². The third-order valence-corrected chi connectivity index (χ3v) is 3.08. The zero-order chi connectivity index (χ0) is 12.7. The molecule has 90 valence electrons. The highest BCUT2D eigenvalue weighted by atomic mass is 15.1. The lowest BCUT2D eigenvalue weighted by molar-refractivity contribution is 1.27. The fourth-order valence-corrected chi connectivity index (χ4v) is 2.17. The van der Waals surface area contributed by atoms with Gasteiger partial charge in [-0.05, 0) is 24.3 Å². The summed E-state index contributed by atoms with van der Waals surface area (Å²) in [5.41, 5.74) is 2.75. The van der Waals surface area contributed by atoms with Crippen molar-refractivity contribution < 1.29 is 0 Å². The van der Waals surface area contributed by atoms with E-state index in [-0.39, 0.29) is 0 Å². The molecule has 0 atom stereocenters. The molecule has 0 unspecified atom stereocenters. The van der Waals surface area contributed by atoms with Crippen molar-refractivity contribution >= 4 is 34.5 Å². The lowest BCUT2D eigenvalue weighted by Gasteiger charge is -2.17. The molecule has 0 saturated heterocycles. The number of aromatic nitrogens is 1. The quantitative estimate of drug-likeness (QED) is 0.775. The zero-order valence-corrected chi connectivity index (χ0v) is 10.0. The number of para-hydroxylation sites is 1. The van der Waals surface area contributed by atoms with Gasteiger partial charge in [0, 0.05) is 11.6 Å². The molecule has 0 amide bonds. The van der Waals surface area contributed by atoms with Crippen molar-refractivity contribution in [2.24, 2.45) is 9.98 Å². The van der Waals surface area contributed by atoms with Gasteiger partial charge in [0.25, 0.3) is 0 Å². The van der Waals surface area contributed by atoms with Crippen molar-refractivity contribution in [1.29, 1.82) is 0 Å². The molecule has 1 aromatic heterocycles. The zero-order valence-electron chi connectivity index (χ0n) is 10.0. The maximum atomic E-state index is 4.57. The number of hydrogen-bond donors (Lipinski definition) is 1. The normalized spacial score (nSPS) is 16.0. The third-order valence-electron chi connectivity index (χ3n) is 3.08. The van der Waals surface area contributed by atoms with Crippen molar-refractivity contribution in [3.63, 3.8) is 0 Å². The Morgan fingerprint density at radius 1 is 1.05 bits per heavy atom. The molecule has 2 aromatic rings. The number of hydrogen-bond acceptors (Lipinski definition) is 4. The Hall–Kier alpha value is -2.75. The van der Waals surface area contributed by atoms with E-state index in [2.05, 4.69) is 26.4 Å². The summed E-state index contributed by atoms with van der Waals surface area (Å²) in [4.78, 5) is 13.4. The molecule has 2 aliphatic heterocycles. The first-order chi connectivity index (χ1) is 9.40. The van der Waals surface area contributed by atoms with E-state index >= 15 is 0 Å². The van der Waals surface area contributed by atoms with Gasteiger partial charge < -0.3 is 5.32 Å². The largest absolute Gasteiger partial charge is 0.349 e. The molecule has 0 saturated carbocycles. The van der Waals surface area contributed by atoms with Crippen LogP contribution in [0.2, 0.25) is 0 Å². The molecule has 3 heterocycles. The molecular formula is C15H10N4. The Labute approximate surface area is 109 Å². The summed E-state index contributed by atoms with van der Waals surface area (Å²) in [7, 11) is 0. The average molecular weight is 246 g/mol. The van der Waals surface area contributed by atoms with Crippen LogP contribution >= 0.6 is 0 Å². The Kier molecular flexibility index (Phi) is 2.08. The summed E-state index contributed by atoms with van der Waals surface area (Å²) in [6.07, 6.45) is 7.51. The van der Waals surface area contributed by atoms with E-state index in [1.165, 1.54) is 0 Å². The van der Waals surface area contributed by atoms with Gasteiger partial charge in [-0.15, -0.1) is 0 Å². The van der Waals surface area contributed by atoms with Gasteiger partial charge in [-0.2, -0.15) is 0 Å². The highest BCUT2D eigenvalue weighted by Gasteiger charge is 2.17. The summed E-state index contributed by atoms with van der Waals surface area (Å²) in [6, 6.07) is 10.1. The summed E-state index contributed by atoms with van der Waals surface area (Å²) >= 11 is 0. The van der Waals surface area contributed by atoms with Crippen molar-refractivity contribution in [3.05, 3.63) is 54.3 Å². The first kappa shape index (κ1) is 10.2. The van der Waals surface area contributed by atoms with Gasteiger partial charge in [0.1, 0.15) is 0 Å². The van der Waals surface area contributed by atoms with Gasteiger partial charge >= 0.3 is 0 Å². The minimum Gasteiger partial charge on any atom is -0.349 e. The van der Waals surface area contributed by atoms with Crippen molar-refractivity contribution in [2.45, 2.75) is 0 Å². The molecule has 4 nitrogen and oxygen atoms in total. The van der Waals surface area contributed by atoms with Crippen LogP contribution in [0.4, 0.5) is 11.5 Å². The lowest BCUT2D eigenvalue weighted by Crippen LogP contribution is -2.13. The number of fused-ring (bicyclic) bond motifs is 3. The fraction of sp³-hybridized carbons (Fsp3) is 0. The van der Waals surface area contributed by atoms with E-state index in [1.54, 1.807) is 6.21 Å². The molecule has 0 radical (unpaired) electrons. The number of aliphatic imine (C=N–C) groups is 2. The molecule has 1 N–H and O–H groups in total. The average Bonchev–Trinajstić information content (AvgIpc) is 2.67. The summed E-state index contributed by atoms with van der Waals surface area (Å²) < 4.78 is 0. The van der Waals surface area contributed by atoms with Crippen LogP contribution in [-0.4, -0.2) is 17.0 Å². The Bertz CT molecular complexity index is 797. The minimum absolute atomic E-state index is 0.667. The van der Waals surface area contributed by atoms with E-state index in [4.69, 9.17) is 0 Å². The van der Waals surface area contributed by atoms with E-state index in [0.29, 0.717) is 11.7 Å². The molecule has 0 fully saturated rings. The summed E-state index contributed by atoms with van der Waals surface area (Å²) in [5.74, 6) is 1.35. The third kappa shape index (κ3) is 1.65. The Morgan fingerprint density at radius 3 is 3.00 bits per heavy atom. The topological polar surface area (TPSA) is 49.6 Å². The van der Waals surface area contributed by atoms with Crippen LogP contribution < -0.4 is 5.32 Å². The Morgan fingerprint density at radius 2 is 2.00 bits per heavy atom. The number of pyridine rings is 1. The van der Waals surface area contributed by atoms with Crippen LogP contribution in [0.5, 0.6) is 0 Å². The number of amidine groups is 1. The summed E-state index contributed by atoms with van der Waals surface area (Å²) in [6.45, 7) is 0. The monoisotopic (exact) mass is 246 g/mol. The second kappa shape index (κ2) is 3.88. The van der Waals surface area contributed by atoms with E-state index in [1.807, 2.05) is 42.5 Å². The number of nitrogens with zero attached hydrogens (tertiary/aromatic N) is 3. The number of rotatable bonds is 0. The van der Waals surface area contributed by atoms with Gasteiger partial charge in [0.2, 0.25) is 0 Å². The molecule has 4 heteroatoms. The smallest absolute Gasteiger partial charge is 0.178 e. The van der Waals surface area contributed by atoms with Gasteiger partial charge in [-0.3, -0.25) is 0 Å². The van der Waals surface area contributed by atoms with Gasteiger partial charge in [0.15, 0.2) is 11.7 Å². The second-order valence-corrected chi connectivity index (χ2v) is 4.36. The van der Waals surface area contributed by atoms with Crippen LogP contribution in [0, 0.1) is 0 Å². The van der Waals surface area contributed by atoms with Crippen molar-refractivity contribution in [3.8, 4) is 0 Å². The summed E-state index contributed by atoms with van der Waals surface area (Å²) in [5, 5.41) is 4.43. The standard InChI is InChI=1S/C15H10N4/c1-2-6-11-10(5-1)9-13-15(18-11)19-14-12(17-13)7-3-4-8-16-14/h1-9,17H. The molecular weight excluding hydrogens is 236 g/mol. The van der Waals surface area contributed by atoms with Crippen molar-refractivity contribution in [1.82, 2.24) is 4.98 Å². The highest BCUT2D eigenvalue weighted by Crippen LogP contribution is 2.32. The molecule has 2 aliphatic rings. The highest BCUT2D eigenvalue weighted by molar-refractivity contribution is 6.11. The molecule has 1 aromatic carbocycles. The van der Waals surface area contributed by atoms with E-state index in [0.717, 1.165) is 22.3 Å². The van der Waals surface area contributed by atoms with Crippen LogP contribution in [0.25, 0.3) is 10.9 Å². The maximum Gasteiger partial charge on any atom is 0.178 e. The van der Waals surface area contributed by atoms with Crippen LogP contribution in [0.1, 0.15) is 0 Å². The molecule has 0 bridgehead atoms. The molecule has 4 rings (SSSR count). The SMILES string of the molecule is C1=CC=C2Nc3cc4ccccc4nc3N=C2N=C1. The van der Waals surface area contributed by atoms with Crippen LogP contribution in [0.3, 0.4) is 0 Å². The molecule has 19 heavy (non-hydrogen) atoms. The van der Waals surface area contributed by atoms with Gasteiger partial charge in [-0.1, -0.05) is 24.3 Å². The van der Waals surface area contributed by atoms with Gasteiger partial charge in [0.05, 0.1) is 16.9 Å². The predicted octanol–water partition coefficient (Wildman–Crippen LogP) is 3.21. The van der Waals surface area contributed by atoms with E-state index < -0.39 is 0 Å².